The largest absolute Gasteiger partial charge is 0.345 e. The second-order valence-electron chi connectivity index (χ2n) is 4.38. The molecule has 0 radical (unpaired) electrons. The van der Waals surface area contributed by atoms with E-state index >= 15 is 0 Å². The van der Waals surface area contributed by atoms with E-state index in [9.17, 15) is 0 Å². The van der Waals surface area contributed by atoms with Crippen LogP contribution in [0.4, 0.5) is 0 Å². The maximum atomic E-state index is 3.97. The Morgan fingerprint density at radius 1 is 1.31 bits per heavy atom. The second-order valence-corrected chi connectivity index (χ2v) is 4.38. The van der Waals surface area contributed by atoms with Gasteiger partial charge >= 0.3 is 0 Å². The Morgan fingerprint density at radius 2 is 2.06 bits per heavy atom. The predicted molar refractivity (Wildman–Crippen MR) is 71.5 cm³/mol. The summed E-state index contributed by atoms with van der Waals surface area (Å²) in [5.74, 6) is 0. The van der Waals surface area contributed by atoms with Gasteiger partial charge in [-0.3, -0.25) is 0 Å². The third-order valence-electron chi connectivity index (χ3n) is 3.50. The number of aromatic nitrogens is 1. The molecule has 0 aliphatic heterocycles. The highest BCUT2D eigenvalue weighted by molar-refractivity contribution is 5.68. The lowest BCUT2D eigenvalue weighted by Gasteiger charge is -2.15. The first-order valence-corrected chi connectivity index (χ1v) is 6.32. The molecule has 1 aromatic heterocycles. The maximum absolute atomic E-state index is 3.97. The molecule has 0 aromatic carbocycles. The van der Waals surface area contributed by atoms with Crippen LogP contribution in [-0.2, 0) is 19.4 Å². The molecule has 1 heterocycles. The van der Waals surface area contributed by atoms with Gasteiger partial charge in [-0.15, -0.1) is 0 Å². The van der Waals surface area contributed by atoms with Crippen molar-refractivity contribution in [2.24, 2.45) is 0 Å². The monoisotopic (exact) mass is 215 g/mol. The van der Waals surface area contributed by atoms with Crippen LogP contribution in [0.5, 0.6) is 0 Å². The molecule has 1 nitrogen and oxygen atoms in total. The highest BCUT2D eigenvalue weighted by atomic mass is 15.0. The fourth-order valence-electron chi connectivity index (χ4n) is 2.86. The Hall–Kier alpha value is -1.24. The van der Waals surface area contributed by atoms with Crippen LogP contribution in [0.25, 0.3) is 12.2 Å². The minimum Gasteiger partial charge on any atom is -0.345 e. The van der Waals surface area contributed by atoms with Gasteiger partial charge in [-0.05, 0) is 51.2 Å². The van der Waals surface area contributed by atoms with E-state index < -0.39 is 0 Å². The zero-order valence-corrected chi connectivity index (χ0v) is 10.4. The molecule has 1 aliphatic rings. The van der Waals surface area contributed by atoms with Crippen LogP contribution < -0.4 is 0 Å². The van der Waals surface area contributed by atoms with Crippen molar-refractivity contribution in [2.75, 3.05) is 0 Å². The molecule has 1 aromatic rings. The summed E-state index contributed by atoms with van der Waals surface area (Å²) >= 11 is 0. The maximum Gasteiger partial charge on any atom is 0.0479 e. The predicted octanol–water partition coefficient (Wildman–Crippen LogP) is 4.06. The summed E-state index contributed by atoms with van der Waals surface area (Å²) in [6.45, 7) is 9.34. The highest BCUT2D eigenvalue weighted by Crippen LogP contribution is 2.31. The summed E-state index contributed by atoms with van der Waals surface area (Å²) in [7, 11) is 0. The lowest BCUT2D eigenvalue weighted by molar-refractivity contribution is 0.620. The standard InChI is InChI=1S/C15H21N/c1-4-9-12-13-10-7-8-11-15(13)16(6-3)14(12)5-2/h4-5,9H,2,6-8,10-11H2,1,3H3/b9-4-. The van der Waals surface area contributed by atoms with Crippen molar-refractivity contribution in [3.05, 3.63) is 35.2 Å². The summed E-state index contributed by atoms with van der Waals surface area (Å²) in [4.78, 5) is 0. The van der Waals surface area contributed by atoms with E-state index in [2.05, 4.69) is 37.1 Å². The Morgan fingerprint density at radius 3 is 2.69 bits per heavy atom. The van der Waals surface area contributed by atoms with Gasteiger partial charge in [-0.25, -0.2) is 0 Å². The Labute approximate surface area is 98.5 Å². The van der Waals surface area contributed by atoms with Crippen molar-refractivity contribution in [1.82, 2.24) is 4.57 Å². The fraction of sp³-hybridized carbons (Fsp3) is 0.467. The molecule has 0 amide bonds. The van der Waals surface area contributed by atoms with Gasteiger partial charge in [0.05, 0.1) is 0 Å². The molecule has 0 saturated heterocycles. The van der Waals surface area contributed by atoms with Crippen LogP contribution in [0.3, 0.4) is 0 Å². The molecule has 0 atom stereocenters. The van der Waals surface area contributed by atoms with E-state index in [4.69, 9.17) is 0 Å². The number of hydrogen-bond acceptors (Lipinski definition) is 0. The fourth-order valence-corrected chi connectivity index (χ4v) is 2.86. The van der Waals surface area contributed by atoms with Gasteiger partial charge < -0.3 is 4.57 Å². The molecule has 0 N–H and O–H groups in total. The summed E-state index contributed by atoms with van der Waals surface area (Å²) in [5, 5.41) is 0. The zero-order chi connectivity index (χ0) is 11.5. The van der Waals surface area contributed by atoms with Crippen molar-refractivity contribution >= 4 is 12.2 Å². The molecular weight excluding hydrogens is 194 g/mol. The highest BCUT2D eigenvalue weighted by Gasteiger charge is 2.20. The van der Waals surface area contributed by atoms with Crippen molar-refractivity contribution < 1.29 is 0 Å². The lowest BCUT2D eigenvalue weighted by atomic mass is 9.94. The molecular formula is C15H21N. The van der Waals surface area contributed by atoms with E-state index in [1.54, 1.807) is 11.3 Å². The van der Waals surface area contributed by atoms with Crippen molar-refractivity contribution in [1.29, 1.82) is 0 Å². The molecule has 86 valence electrons. The zero-order valence-electron chi connectivity index (χ0n) is 10.4. The Bertz CT molecular complexity index is 421. The number of allylic oxidation sites excluding steroid dienone is 1. The Kier molecular flexibility index (Phi) is 3.33. The third-order valence-corrected chi connectivity index (χ3v) is 3.50. The van der Waals surface area contributed by atoms with Crippen molar-refractivity contribution in [2.45, 2.75) is 46.1 Å². The molecule has 0 unspecified atom stereocenters. The molecule has 0 saturated carbocycles. The second kappa shape index (κ2) is 4.73. The molecule has 1 heteroatoms. The minimum atomic E-state index is 1.06. The van der Waals surface area contributed by atoms with Gasteiger partial charge in [-0.2, -0.15) is 0 Å². The summed E-state index contributed by atoms with van der Waals surface area (Å²) in [6.07, 6.45) is 11.5. The number of rotatable bonds is 3. The van der Waals surface area contributed by atoms with Crippen LogP contribution in [0.1, 0.15) is 49.2 Å². The summed E-state index contributed by atoms with van der Waals surface area (Å²) in [6, 6.07) is 0. The number of fused-ring (bicyclic) bond motifs is 1. The van der Waals surface area contributed by atoms with E-state index in [0.29, 0.717) is 0 Å². The average Bonchev–Trinajstić information content (AvgIpc) is 2.63. The normalized spacial score (nSPS) is 15.4. The van der Waals surface area contributed by atoms with Gasteiger partial charge in [-0.1, -0.05) is 18.7 Å². The van der Waals surface area contributed by atoms with Crippen LogP contribution in [-0.4, -0.2) is 4.57 Å². The molecule has 0 spiro atoms. The lowest BCUT2D eigenvalue weighted by Crippen LogP contribution is -2.07. The molecule has 0 bridgehead atoms. The first kappa shape index (κ1) is 11.3. The van der Waals surface area contributed by atoms with E-state index in [-0.39, 0.29) is 0 Å². The smallest absolute Gasteiger partial charge is 0.0479 e. The number of hydrogen-bond donors (Lipinski definition) is 0. The van der Waals surface area contributed by atoms with Crippen molar-refractivity contribution in [3.8, 4) is 0 Å². The van der Waals surface area contributed by atoms with E-state index in [1.165, 1.54) is 36.9 Å². The summed E-state index contributed by atoms with van der Waals surface area (Å²) < 4.78 is 2.44. The van der Waals surface area contributed by atoms with Gasteiger partial charge in [0.1, 0.15) is 0 Å². The summed E-state index contributed by atoms with van der Waals surface area (Å²) in [5.41, 5.74) is 5.85. The van der Waals surface area contributed by atoms with Gasteiger partial charge in [0.25, 0.3) is 0 Å². The Balaban J connectivity index is 2.65. The van der Waals surface area contributed by atoms with Crippen molar-refractivity contribution in [3.63, 3.8) is 0 Å². The minimum absolute atomic E-state index is 1.06. The first-order valence-electron chi connectivity index (χ1n) is 6.32. The number of nitrogens with zero attached hydrogens (tertiary/aromatic N) is 1. The van der Waals surface area contributed by atoms with Crippen LogP contribution >= 0.6 is 0 Å². The van der Waals surface area contributed by atoms with Crippen LogP contribution in [0.2, 0.25) is 0 Å². The van der Waals surface area contributed by atoms with E-state index in [0.717, 1.165) is 6.54 Å². The van der Waals surface area contributed by atoms with Gasteiger partial charge in [0, 0.05) is 23.5 Å². The molecule has 16 heavy (non-hydrogen) atoms. The molecule has 0 fully saturated rings. The topological polar surface area (TPSA) is 4.93 Å². The van der Waals surface area contributed by atoms with Gasteiger partial charge in [0.2, 0.25) is 0 Å². The quantitative estimate of drug-likeness (QED) is 0.716. The average molecular weight is 215 g/mol. The molecule has 2 rings (SSSR count). The van der Waals surface area contributed by atoms with Gasteiger partial charge in [0.15, 0.2) is 0 Å². The van der Waals surface area contributed by atoms with E-state index in [1.807, 2.05) is 6.08 Å². The SMILES string of the molecule is C=Cc1c(/C=C\C)c2c(n1CC)CCCC2. The van der Waals surface area contributed by atoms with Crippen LogP contribution in [0, 0.1) is 0 Å². The molecule has 1 aliphatic carbocycles. The van der Waals surface area contributed by atoms with Crippen LogP contribution in [0.15, 0.2) is 12.7 Å². The third kappa shape index (κ3) is 1.64. The first-order chi connectivity index (χ1) is 7.83.